The Morgan fingerprint density at radius 3 is 2.31 bits per heavy atom. The molecule has 0 radical (unpaired) electrons. The third kappa shape index (κ3) is 5.17. The molecule has 0 aliphatic carbocycles. The van der Waals surface area contributed by atoms with Gasteiger partial charge in [0.1, 0.15) is 0 Å². The molecule has 6 heteroatoms. The van der Waals surface area contributed by atoms with Crippen molar-refractivity contribution >= 4 is 40.7 Å². The Morgan fingerprint density at radius 2 is 1.59 bits per heavy atom. The maximum atomic E-state index is 12.9. The molecule has 0 saturated carbocycles. The van der Waals surface area contributed by atoms with Crippen molar-refractivity contribution in [3.63, 3.8) is 0 Å². The first-order chi connectivity index (χ1) is 14.0. The third-order valence-corrected chi connectivity index (χ3v) is 5.07. The lowest BCUT2D eigenvalue weighted by atomic mass is 10.1. The van der Waals surface area contributed by atoms with Crippen molar-refractivity contribution in [1.82, 2.24) is 5.32 Å². The SMILES string of the molecule is CN(C(=O)c1ccc(Cl)cc1Cl)c1ccccc1C(=O)NCCc1ccccc1. The molecule has 3 rings (SSSR count). The zero-order valence-electron chi connectivity index (χ0n) is 15.9. The van der Waals surface area contributed by atoms with Crippen molar-refractivity contribution in [2.45, 2.75) is 6.42 Å². The maximum Gasteiger partial charge on any atom is 0.259 e. The molecule has 0 bridgehead atoms. The maximum absolute atomic E-state index is 12.9. The molecule has 0 atom stereocenters. The van der Waals surface area contributed by atoms with Crippen LogP contribution in [0.1, 0.15) is 26.3 Å². The van der Waals surface area contributed by atoms with Gasteiger partial charge in [-0.15, -0.1) is 0 Å². The molecule has 1 N–H and O–H groups in total. The second-order valence-corrected chi connectivity index (χ2v) is 7.34. The summed E-state index contributed by atoms with van der Waals surface area (Å²) in [7, 11) is 1.61. The van der Waals surface area contributed by atoms with Gasteiger partial charge >= 0.3 is 0 Å². The first-order valence-corrected chi connectivity index (χ1v) is 9.87. The molecule has 0 unspecified atom stereocenters. The van der Waals surface area contributed by atoms with Gasteiger partial charge in [-0.25, -0.2) is 0 Å². The first kappa shape index (κ1) is 20.9. The number of nitrogens with one attached hydrogen (secondary N) is 1. The van der Waals surface area contributed by atoms with E-state index in [0.717, 1.165) is 12.0 Å². The summed E-state index contributed by atoms with van der Waals surface area (Å²) in [5.74, 6) is -0.561. The van der Waals surface area contributed by atoms with Crippen LogP contribution >= 0.6 is 23.2 Å². The summed E-state index contributed by atoms with van der Waals surface area (Å²) >= 11 is 12.1. The number of benzene rings is 3. The van der Waals surface area contributed by atoms with E-state index in [-0.39, 0.29) is 16.8 Å². The zero-order chi connectivity index (χ0) is 20.8. The topological polar surface area (TPSA) is 49.4 Å². The van der Waals surface area contributed by atoms with Gasteiger partial charge in [0, 0.05) is 18.6 Å². The number of anilines is 1. The average Bonchev–Trinajstić information content (AvgIpc) is 2.73. The van der Waals surface area contributed by atoms with Crippen LogP contribution in [-0.2, 0) is 6.42 Å². The highest BCUT2D eigenvalue weighted by atomic mass is 35.5. The van der Waals surface area contributed by atoms with Crippen molar-refractivity contribution in [2.75, 3.05) is 18.5 Å². The fourth-order valence-corrected chi connectivity index (χ4v) is 3.46. The summed E-state index contributed by atoms with van der Waals surface area (Å²) < 4.78 is 0. The second kappa shape index (κ2) is 9.59. The molecule has 2 amide bonds. The molecule has 3 aromatic rings. The summed E-state index contributed by atoms with van der Waals surface area (Å²) in [6.07, 6.45) is 0.726. The number of para-hydroxylation sites is 1. The van der Waals surface area contributed by atoms with Gasteiger partial charge in [-0.1, -0.05) is 65.7 Å². The fraction of sp³-hybridized carbons (Fsp3) is 0.130. The van der Waals surface area contributed by atoms with Gasteiger partial charge in [-0.3, -0.25) is 9.59 Å². The van der Waals surface area contributed by atoms with E-state index >= 15 is 0 Å². The highest BCUT2D eigenvalue weighted by Crippen LogP contribution is 2.26. The quantitative estimate of drug-likeness (QED) is 0.585. The summed E-state index contributed by atoms with van der Waals surface area (Å²) in [5, 5.41) is 3.63. The molecule has 0 aliphatic rings. The van der Waals surface area contributed by atoms with E-state index in [1.165, 1.54) is 11.0 Å². The predicted molar refractivity (Wildman–Crippen MR) is 118 cm³/mol. The van der Waals surface area contributed by atoms with Crippen LogP contribution in [0, 0.1) is 0 Å². The molecule has 0 fully saturated rings. The Bertz CT molecular complexity index is 1020. The number of halogens is 2. The lowest BCUT2D eigenvalue weighted by molar-refractivity contribution is 0.0954. The normalized spacial score (nSPS) is 10.4. The molecular weight excluding hydrogens is 407 g/mol. The number of rotatable bonds is 6. The lowest BCUT2D eigenvalue weighted by Crippen LogP contribution is -2.31. The van der Waals surface area contributed by atoms with Crippen LogP contribution in [0.3, 0.4) is 0 Å². The smallest absolute Gasteiger partial charge is 0.259 e. The highest BCUT2D eigenvalue weighted by molar-refractivity contribution is 6.37. The standard InChI is InChI=1S/C23H20Cl2N2O2/c1-27(23(29)18-12-11-17(24)15-20(18)25)21-10-6-5-9-19(21)22(28)26-14-13-16-7-3-2-4-8-16/h2-12,15H,13-14H2,1H3,(H,26,28). The lowest BCUT2D eigenvalue weighted by Gasteiger charge is -2.21. The van der Waals surface area contributed by atoms with Crippen molar-refractivity contribution in [1.29, 1.82) is 0 Å². The number of nitrogens with zero attached hydrogens (tertiary/aromatic N) is 1. The van der Waals surface area contributed by atoms with Gasteiger partial charge in [-0.2, -0.15) is 0 Å². The van der Waals surface area contributed by atoms with E-state index in [1.807, 2.05) is 30.3 Å². The Kier molecular flexibility index (Phi) is 6.91. The number of amides is 2. The van der Waals surface area contributed by atoms with E-state index < -0.39 is 0 Å². The molecule has 0 heterocycles. The average molecular weight is 427 g/mol. The number of hydrogen-bond donors (Lipinski definition) is 1. The van der Waals surface area contributed by atoms with E-state index in [9.17, 15) is 9.59 Å². The summed E-state index contributed by atoms with van der Waals surface area (Å²) in [5.41, 5.74) is 2.38. The van der Waals surface area contributed by atoms with E-state index in [4.69, 9.17) is 23.2 Å². The minimum absolute atomic E-state index is 0.238. The predicted octanol–water partition coefficient (Wildman–Crippen LogP) is 5.24. The first-order valence-electron chi connectivity index (χ1n) is 9.11. The van der Waals surface area contributed by atoms with Gasteiger partial charge in [0.15, 0.2) is 0 Å². The largest absolute Gasteiger partial charge is 0.352 e. The number of carbonyl (C=O) groups is 2. The second-order valence-electron chi connectivity index (χ2n) is 6.50. The van der Waals surface area contributed by atoms with Crippen LogP contribution in [0.4, 0.5) is 5.69 Å². The molecule has 3 aromatic carbocycles. The zero-order valence-corrected chi connectivity index (χ0v) is 17.4. The van der Waals surface area contributed by atoms with Crippen LogP contribution in [0.2, 0.25) is 10.0 Å². The van der Waals surface area contributed by atoms with Crippen molar-refractivity contribution < 1.29 is 9.59 Å². The highest BCUT2D eigenvalue weighted by Gasteiger charge is 2.21. The summed E-state index contributed by atoms with van der Waals surface area (Å²) in [6, 6.07) is 21.6. The van der Waals surface area contributed by atoms with Gasteiger partial charge < -0.3 is 10.2 Å². The Morgan fingerprint density at radius 1 is 0.897 bits per heavy atom. The van der Waals surface area contributed by atoms with Crippen molar-refractivity contribution in [3.05, 3.63) is 99.5 Å². The molecule has 0 saturated heterocycles. The van der Waals surface area contributed by atoms with Crippen LogP contribution in [0.5, 0.6) is 0 Å². The Balaban J connectivity index is 1.75. The van der Waals surface area contributed by atoms with E-state index in [2.05, 4.69) is 5.32 Å². The van der Waals surface area contributed by atoms with Gasteiger partial charge in [0.2, 0.25) is 0 Å². The van der Waals surface area contributed by atoms with Crippen LogP contribution in [0.15, 0.2) is 72.8 Å². The minimum Gasteiger partial charge on any atom is -0.352 e. The van der Waals surface area contributed by atoms with E-state index in [1.54, 1.807) is 43.4 Å². The van der Waals surface area contributed by atoms with Gasteiger partial charge in [0.05, 0.1) is 21.8 Å². The summed E-state index contributed by atoms with van der Waals surface area (Å²) in [4.78, 5) is 27.1. The monoisotopic (exact) mass is 426 g/mol. The van der Waals surface area contributed by atoms with E-state index in [0.29, 0.717) is 28.4 Å². The molecule has 148 valence electrons. The Labute approximate surface area is 180 Å². The van der Waals surface area contributed by atoms with Crippen molar-refractivity contribution in [2.24, 2.45) is 0 Å². The fourth-order valence-electron chi connectivity index (χ4n) is 2.97. The minimum atomic E-state index is -0.323. The van der Waals surface area contributed by atoms with Crippen LogP contribution in [0.25, 0.3) is 0 Å². The van der Waals surface area contributed by atoms with Gasteiger partial charge in [0.25, 0.3) is 11.8 Å². The molecule has 0 spiro atoms. The molecule has 0 aliphatic heterocycles. The van der Waals surface area contributed by atoms with Crippen molar-refractivity contribution in [3.8, 4) is 0 Å². The third-order valence-electron chi connectivity index (χ3n) is 4.52. The molecule has 0 aromatic heterocycles. The molecule has 4 nitrogen and oxygen atoms in total. The Hall–Kier alpha value is -2.82. The van der Waals surface area contributed by atoms with Crippen LogP contribution in [-0.4, -0.2) is 25.4 Å². The molecular formula is C23H20Cl2N2O2. The van der Waals surface area contributed by atoms with Gasteiger partial charge in [-0.05, 0) is 42.3 Å². The summed E-state index contributed by atoms with van der Waals surface area (Å²) in [6.45, 7) is 0.498. The number of hydrogen-bond acceptors (Lipinski definition) is 2. The number of carbonyl (C=O) groups excluding carboxylic acids is 2. The molecule has 29 heavy (non-hydrogen) atoms. The van der Waals surface area contributed by atoms with Crippen LogP contribution < -0.4 is 10.2 Å².